The molecule has 5 unspecified atom stereocenters. The summed E-state index contributed by atoms with van der Waals surface area (Å²) in [5.74, 6) is -3.28. The first kappa shape index (κ1) is 25.8. The summed E-state index contributed by atoms with van der Waals surface area (Å²) in [6.07, 6.45) is 0.905. The fourth-order valence-electron chi connectivity index (χ4n) is 3.27. The van der Waals surface area contributed by atoms with Crippen LogP contribution in [0.1, 0.15) is 39.0 Å². The Kier molecular flexibility index (Phi) is 10.7. The average molecular weight is 431 g/mol. The van der Waals surface area contributed by atoms with Gasteiger partial charge in [0.25, 0.3) is 0 Å². The molecule has 1 heterocycles. The molecule has 1 rings (SSSR count). The second-order valence-corrected chi connectivity index (χ2v) is 7.39. The van der Waals surface area contributed by atoms with Gasteiger partial charge in [-0.05, 0) is 45.6 Å². The number of carboxylic acid groups (broad SMARTS) is 1. The van der Waals surface area contributed by atoms with E-state index < -0.39 is 60.6 Å². The molecular formula is C18H33N5O7. The van der Waals surface area contributed by atoms with Crippen LogP contribution in [0, 0.1) is 0 Å². The number of carbonyl (C=O) groups excluding carboxylic acids is 3. The van der Waals surface area contributed by atoms with Crippen molar-refractivity contribution in [2.75, 3.05) is 19.7 Å². The molecule has 12 nitrogen and oxygen atoms in total. The fraction of sp³-hybridized carbons (Fsp3) is 0.778. The number of hydrogen-bond donors (Lipinski definition) is 7. The lowest BCUT2D eigenvalue weighted by Gasteiger charge is -2.28. The zero-order valence-electron chi connectivity index (χ0n) is 17.1. The van der Waals surface area contributed by atoms with Crippen LogP contribution in [0.2, 0.25) is 0 Å². The Morgan fingerprint density at radius 1 is 1.20 bits per heavy atom. The molecule has 0 radical (unpaired) electrons. The smallest absolute Gasteiger partial charge is 0.328 e. The standard InChI is InChI=1S/C18H33N5O7/c1-10(25)14(18(29)30)22-15(26)12(5-2-3-7-19)21-16(27)13-6-4-8-23(13)17(28)11(20)9-24/h10-14,24-25H,2-9,19-20H2,1H3,(H,21,27)(H,22,26)(H,29,30). The van der Waals surface area contributed by atoms with Crippen LogP contribution in [0.5, 0.6) is 0 Å². The van der Waals surface area contributed by atoms with Gasteiger partial charge in [0.05, 0.1) is 12.7 Å². The van der Waals surface area contributed by atoms with E-state index in [0.717, 1.165) is 0 Å². The van der Waals surface area contributed by atoms with E-state index in [0.29, 0.717) is 38.8 Å². The second-order valence-electron chi connectivity index (χ2n) is 7.39. The van der Waals surface area contributed by atoms with Crippen LogP contribution in [-0.4, -0.2) is 93.9 Å². The Balaban J connectivity index is 2.89. The summed E-state index contributed by atoms with van der Waals surface area (Å²) in [6, 6.07) is -4.57. The molecule has 1 fully saturated rings. The highest BCUT2D eigenvalue weighted by atomic mass is 16.4. The summed E-state index contributed by atoms with van der Waals surface area (Å²) in [5.41, 5.74) is 11.0. The molecule has 172 valence electrons. The van der Waals surface area contributed by atoms with Crippen molar-refractivity contribution in [3.05, 3.63) is 0 Å². The van der Waals surface area contributed by atoms with Crippen LogP contribution in [-0.2, 0) is 19.2 Å². The highest BCUT2D eigenvalue weighted by Gasteiger charge is 2.38. The Hall–Kier alpha value is -2.28. The summed E-state index contributed by atoms with van der Waals surface area (Å²) in [4.78, 5) is 50.2. The van der Waals surface area contributed by atoms with Gasteiger partial charge in [0.15, 0.2) is 6.04 Å². The number of aliphatic carboxylic acids is 1. The van der Waals surface area contributed by atoms with E-state index in [4.69, 9.17) is 21.7 Å². The summed E-state index contributed by atoms with van der Waals surface area (Å²) in [6.45, 7) is 1.37. The monoisotopic (exact) mass is 431 g/mol. The van der Waals surface area contributed by atoms with Crippen molar-refractivity contribution in [2.45, 2.75) is 69.3 Å². The van der Waals surface area contributed by atoms with Gasteiger partial charge >= 0.3 is 5.97 Å². The Morgan fingerprint density at radius 3 is 2.40 bits per heavy atom. The molecular weight excluding hydrogens is 398 g/mol. The van der Waals surface area contributed by atoms with Crippen LogP contribution >= 0.6 is 0 Å². The molecule has 3 amide bonds. The third-order valence-corrected chi connectivity index (χ3v) is 4.98. The Bertz CT molecular complexity index is 616. The number of rotatable bonds is 12. The van der Waals surface area contributed by atoms with Crippen molar-refractivity contribution in [3.8, 4) is 0 Å². The van der Waals surface area contributed by atoms with Crippen molar-refractivity contribution >= 4 is 23.7 Å². The van der Waals surface area contributed by atoms with Crippen molar-refractivity contribution in [3.63, 3.8) is 0 Å². The first-order chi connectivity index (χ1) is 14.1. The van der Waals surface area contributed by atoms with Gasteiger partial charge < -0.3 is 42.3 Å². The third kappa shape index (κ3) is 7.20. The first-order valence-electron chi connectivity index (χ1n) is 10.0. The predicted octanol–water partition coefficient (Wildman–Crippen LogP) is -3.14. The molecule has 5 atom stereocenters. The summed E-state index contributed by atoms with van der Waals surface area (Å²) >= 11 is 0. The Morgan fingerprint density at radius 2 is 1.87 bits per heavy atom. The van der Waals surface area contributed by atoms with Gasteiger partial charge in [-0.1, -0.05) is 0 Å². The lowest BCUT2D eigenvalue weighted by atomic mass is 10.1. The molecule has 12 heteroatoms. The maximum absolute atomic E-state index is 12.8. The number of nitrogens with zero attached hydrogens (tertiary/aromatic N) is 1. The summed E-state index contributed by atoms with van der Waals surface area (Å²) in [5, 5.41) is 32.6. The minimum atomic E-state index is -1.53. The zero-order chi connectivity index (χ0) is 22.8. The minimum absolute atomic E-state index is 0.206. The molecule has 0 spiro atoms. The van der Waals surface area contributed by atoms with E-state index in [1.165, 1.54) is 11.8 Å². The van der Waals surface area contributed by atoms with E-state index in [1.807, 2.05) is 0 Å². The van der Waals surface area contributed by atoms with Crippen LogP contribution in [0.25, 0.3) is 0 Å². The molecule has 0 aromatic rings. The van der Waals surface area contributed by atoms with Crippen LogP contribution in [0.4, 0.5) is 0 Å². The lowest BCUT2D eigenvalue weighted by molar-refractivity contribution is -0.145. The largest absolute Gasteiger partial charge is 0.480 e. The second kappa shape index (κ2) is 12.4. The maximum atomic E-state index is 12.8. The minimum Gasteiger partial charge on any atom is -0.480 e. The highest BCUT2D eigenvalue weighted by molar-refractivity contribution is 5.94. The molecule has 0 saturated carbocycles. The molecule has 1 saturated heterocycles. The van der Waals surface area contributed by atoms with Crippen LogP contribution in [0.15, 0.2) is 0 Å². The molecule has 1 aliphatic heterocycles. The number of aliphatic hydroxyl groups is 2. The number of hydrogen-bond acceptors (Lipinski definition) is 8. The van der Waals surface area contributed by atoms with Gasteiger partial charge in [0.2, 0.25) is 17.7 Å². The SMILES string of the molecule is CC(O)C(NC(=O)C(CCCCN)NC(=O)C1CCCN1C(=O)C(N)CO)C(=O)O. The topological polar surface area (TPSA) is 208 Å². The maximum Gasteiger partial charge on any atom is 0.328 e. The van der Waals surface area contributed by atoms with E-state index >= 15 is 0 Å². The third-order valence-electron chi connectivity index (χ3n) is 4.98. The molecule has 30 heavy (non-hydrogen) atoms. The first-order valence-corrected chi connectivity index (χ1v) is 10.0. The average Bonchev–Trinajstić information content (AvgIpc) is 3.19. The number of nitrogens with two attached hydrogens (primary N) is 2. The molecule has 0 aromatic carbocycles. The zero-order valence-corrected chi connectivity index (χ0v) is 17.1. The van der Waals surface area contributed by atoms with Gasteiger partial charge in [0, 0.05) is 6.54 Å². The molecule has 0 aromatic heterocycles. The lowest BCUT2D eigenvalue weighted by Crippen LogP contribution is -2.58. The van der Waals surface area contributed by atoms with Crippen molar-refractivity contribution in [2.24, 2.45) is 11.5 Å². The number of unbranched alkanes of at least 4 members (excludes halogenated alkanes) is 1. The normalized spacial score (nSPS) is 20.2. The number of amides is 3. The summed E-state index contributed by atoms with van der Waals surface area (Å²) < 4.78 is 0. The van der Waals surface area contributed by atoms with E-state index in [1.54, 1.807) is 0 Å². The van der Waals surface area contributed by atoms with E-state index in [9.17, 15) is 24.3 Å². The molecule has 0 bridgehead atoms. The van der Waals surface area contributed by atoms with Crippen LogP contribution < -0.4 is 22.1 Å². The van der Waals surface area contributed by atoms with Gasteiger partial charge in [-0.25, -0.2) is 4.79 Å². The Labute approximate surface area is 175 Å². The van der Waals surface area contributed by atoms with Gasteiger partial charge in [-0.2, -0.15) is 0 Å². The van der Waals surface area contributed by atoms with E-state index in [-0.39, 0.29) is 6.42 Å². The van der Waals surface area contributed by atoms with Crippen molar-refractivity contribution in [1.82, 2.24) is 15.5 Å². The number of carbonyl (C=O) groups is 4. The fourth-order valence-corrected chi connectivity index (χ4v) is 3.27. The van der Waals surface area contributed by atoms with Gasteiger partial charge in [0.1, 0.15) is 18.1 Å². The highest BCUT2D eigenvalue weighted by Crippen LogP contribution is 2.19. The van der Waals surface area contributed by atoms with Crippen molar-refractivity contribution in [1.29, 1.82) is 0 Å². The molecule has 1 aliphatic rings. The van der Waals surface area contributed by atoms with Gasteiger partial charge in [-0.15, -0.1) is 0 Å². The predicted molar refractivity (Wildman–Crippen MR) is 106 cm³/mol. The number of aliphatic hydroxyl groups excluding tert-OH is 2. The number of likely N-dealkylation sites (tertiary alicyclic amines) is 1. The summed E-state index contributed by atoms with van der Waals surface area (Å²) in [7, 11) is 0. The van der Waals surface area contributed by atoms with Gasteiger partial charge in [-0.3, -0.25) is 14.4 Å². The molecule has 0 aliphatic carbocycles. The van der Waals surface area contributed by atoms with E-state index in [2.05, 4.69) is 10.6 Å². The van der Waals surface area contributed by atoms with Crippen molar-refractivity contribution < 1.29 is 34.5 Å². The molecule has 9 N–H and O–H groups in total. The number of carboxylic acids is 1. The van der Waals surface area contributed by atoms with Crippen LogP contribution in [0.3, 0.4) is 0 Å². The quantitative estimate of drug-likeness (QED) is 0.155. The number of nitrogens with one attached hydrogen (secondary N) is 2.